The Morgan fingerprint density at radius 2 is 1.57 bits per heavy atom. The predicted octanol–water partition coefficient (Wildman–Crippen LogP) is 6.48. The van der Waals surface area contributed by atoms with Crippen LogP contribution in [-0.4, -0.2) is 9.55 Å². The van der Waals surface area contributed by atoms with Gasteiger partial charge in [0, 0.05) is 18.0 Å². The molecule has 136 valence electrons. The van der Waals surface area contributed by atoms with Gasteiger partial charge in [-0.15, -0.1) is 0 Å². The minimum atomic E-state index is 0.716. The number of rotatable bonds is 4. The second kappa shape index (κ2) is 7.14. The van der Waals surface area contributed by atoms with E-state index in [2.05, 4.69) is 77.4 Å². The van der Waals surface area contributed by atoms with Gasteiger partial charge in [0.15, 0.2) is 0 Å². The third kappa shape index (κ3) is 3.17. The number of fused-ring (bicyclic) bond motifs is 2. The first-order chi connectivity index (χ1) is 13.8. The molecule has 0 radical (unpaired) electrons. The minimum absolute atomic E-state index is 0.716. The van der Waals surface area contributed by atoms with Gasteiger partial charge >= 0.3 is 0 Å². The number of hydrogen-bond acceptors (Lipinski definition) is 1. The van der Waals surface area contributed by atoms with Crippen LogP contribution in [0.5, 0.6) is 0 Å². The summed E-state index contributed by atoms with van der Waals surface area (Å²) in [6.45, 7) is 0.791. The van der Waals surface area contributed by atoms with Gasteiger partial charge in [0.2, 0.25) is 0 Å². The van der Waals surface area contributed by atoms with E-state index < -0.39 is 0 Å². The van der Waals surface area contributed by atoms with E-state index in [1.165, 1.54) is 21.9 Å². The molecule has 0 bridgehead atoms. The molecule has 2 nitrogen and oxygen atoms in total. The fourth-order valence-electron chi connectivity index (χ4n) is 3.85. The Morgan fingerprint density at radius 3 is 2.46 bits per heavy atom. The topological polar surface area (TPSA) is 17.8 Å². The van der Waals surface area contributed by atoms with E-state index in [1.54, 1.807) is 0 Å². The van der Waals surface area contributed by atoms with Gasteiger partial charge < -0.3 is 4.57 Å². The average molecular weight is 383 g/mol. The van der Waals surface area contributed by atoms with Gasteiger partial charge in [-0.1, -0.05) is 84.4 Å². The van der Waals surface area contributed by atoms with Crippen LogP contribution in [0.15, 0.2) is 91.0 Å². The van der Waals surface area contributed by atoms with Crippen LogP contribution in [0.1, 0.15) is 17.0 Å². The van der Waals surface area contributed by atoms with Gasteiger partial charge in [0.1, 0.15) is 5.82 Å². The summed E-state index contributed by atoms with van der Waals surface area (Å²) in [7, 11) is 0. The zero-order chi connectivity index (χ0) is 18.9. The molecule has 5 aromatic rings. The maximum absolute atomic E-state index is 6.23. The molecule has 0 atom stereocenters. The molecule has 0 spiro atoms. The SMILES string of the molecule is Clc1ccc2c(c1)nc(Cc1cccc3ccccc13)n2Cc1ccccc1. The van der Waals surface area contributed by atoms with Crippen molar-refractivity contribution in [1.29, 1.82) is 0 Å². The minimum Gasteiger partial charge on any atom is -0.323 e. The fraction of sp³-hybridized carbons (Fsp3) is 0.0800. The van der Waals surface area contributed by atoms with Crippen molar-refractivity contribution in [1.82, 2.24) is 9.55 Å². The molecule has 0 unspecified atom stereocenters. The molecule has 1 heterocycles. The van der Waals surface area contributed by atoms with Gasteiger partial charge in [0.05, 0.1) is 11.0 Å². The average Bonchev–Trinajstić information content (AvgIpc) is 3.05. The third-order valence-corrected chi connectivity index (χ3v) is 5.44. The summed E-state index contributed by atoms with van der Waals surface area (Å²) in [4.78, 5) is 4.95. The molecule has 0 fully saturated rings. The van der Waals surface area contributed by atoms with Crippen molar-refractivity contribution in [3.63, 3.8) is 0 Å². The largest absolute Gasteiger partial charge is 0.323 e. The van der Waals surface area contributed by atoms with Crippen LogP contribution >= 0.6 is 11.6 Å². The maximum Gasteiger partial charge on any atom is 0.114 e. The van der Waals surface area contributed by atoms with Crippen molar-refractivity contribution in [2.45, 2.75) is 13.0 Å². The van der Waals surface area contributed by atoms with Crippen molar-refractivity contribution in [3.8, 4) is 0 Å². The van der Waals surface area contributed by atoms with E-state index in [1.807, 2.05) is 18.2 Å². The summed E-state index contributed by atoms with van der Waals surface area (Å²) in [5.74, 6) is 1.05. The fourth-order valence-corrected chi connectivity index (χ4v) is 4.01. The van der Waals surface area contributed by atoms with Crippen LogP contribution in [0.2, 0.25) is 5.02 Å². The predicted molar refractivity (Wildman–Crippen MR) is 117 cm³/mol. The summed E-state index contributed by atoms with van der Waals surface area (Å²) in [5.41, 5.74) is 4.60. The molecule has 0 saturated carbocycles. The molecule has 0 N–H and O–H groups in total. The monoisotopic (exact) mass is 382 g/mol. The highest BCUT2D eigenvalue weighted by Crippen LogP contribution is 2.26. The first-order valence-corrected chi connectivity index (χ1v) is 9.81. The van der Waals surface area contributed by atoms with E-state index >= 15 is 0 Å². The number of hydrogen-bond donors (Lipinski definition) is 0. The Labute approximate surface area is 169 Å². The quantitative estimate of drug-likeness (QED) is 0.347. The van der Waals surface area contributed by atoms with Crippen molar-refractivity contribution in [3.05, 3.63) is 113 Å². The molecule has 0 saturated heterocycles. The van der Waals surface area contributed by atoms with E-state index in [4.69, 9.17) is 16.6 Å². The Hall–Kier alpha value is -3.10. The van der Waals surface area contributed by atoms with E-state index in [0.717, 1.165) is 29.8 Å². The summed E-state index contributed by atoms with van der Waals surface area (Å²) in [6.07, 6.45) is 0.778. The molecule has 3 heteroatoms. The lowest BCUT2D eigenvalue weighted by molar-refractivity contribution is 0.763. The van der Waals surface area contributed by atoms with Crippen LogP contribution in [-0.2, 0) is 13.0 Å². The first-order valence-electron chi connectivity index (χ1n) is 9.43. The number of aromatic nitrogens is 2. The first kappa shape index (κ1) is 17.0. The van der Waals surface area contributed by atoms with Crippen LogP contribution in [0.3, 0.4) is 0 Å². The van der Waals surface area contributed by atoms with E-state index in [0.29, 0.717) is 5.02 Å². The number of imidazole rings is 1. The number of benzene rings is 4. The number of halogens is 1. The molecule has 0 aliphatic heterocycles. The van der Waals surface area contributed by atoms with Crippen LogP contribution in [0.4, 0.5) is 0 Å². The lowest BCUT2D eigenvalue weighted by Crippen LogP contribution is -2.06. The normalized spacial score (nSPS) is 11.3. The Balaban J connectivity index is 1.64. The molecular weight excluding hydrogens is 364 g/mol. The standard InChI is InChI=1S/C25H19ClN2/c26-21-13-14-24-23(16-21)27-25(28(24)17-18-7-2-1-3-8-18)15-20-11-6-10-19-9-4-5-12-22(19)20/h1-14,16H,15,17H2. The summed E-state index contributed by atoms with van der Waals surface area (Å²) in [5, 5.41) is 3.25. The molecule has 0 amide bonds. The van der Waals surface area contributed by atoms with Crippen molar-refractivity contribution in [2.24, 2.45) is 0 Å². The van der Waals surface area contributed by atoms with Crippen molar-refractivity contribution >= 4 is 33.4 Å². The van der Waals surface area contributed by atoms with Gasteiger partial charge in [-0.25, -0.2) is 4.98 Å². The van der Waals surface area contributed by atoms with Crippen LogP contribution in [0, 0.1) is 0 Å². The third-order valence-electron chi connectivity index (χ3n) is 5.20. The van der Waals surface area contributed by atoms with E-state index in [9.17, 15) is 0 Å². The van der Waals surface area contributed by atoms with E-state index in [-0.39, 0.29) is 0 Å². The molecule has 4 aromatic carbocycles. The maximum atomic E-state index is 6.23. The highest BCUT2D eigenvalue weighted by atomic mass is 35.5. The molecule has 28 heavy (non-hydrogen) atoms. The summed E-state index contributed by atoms with van der Waals surface area (Å²) >= 11 is 6.23. The Bertz CT molecular complexity index is 1270. The second-order valence-corrected chi connectivity index (χ2v) is 7.48. The lowest BCUT2D eigenvalue weighted by atomic mass is 10.0. The highest BCUT2D eigenvalue weighted by Gasteiger charge is 2.13. The van der Waals surface area contributed by atoms with Gasteiger partial charge in [-0.05, 0) is 40.1 Å². The zero-order valence-corrected chi connectivity index (χ0v) is 16.1. The molecule has 0 aliphatic carbocycles. The number of nitrogens with zero attached hydrogens (tertiary/aromatic N) is 2. The van der Waals surface area contributed by atoms with Crippen LogP contribution in [0.25, 0.3) is 21.8 Å². The Morgan fingerprint density at radius 1 is 0.786 bits per heavy atom. The highest BCUT2D eigenvalue weighted by molar-refractivity contribution is 6.31. The molecule has 5 rings (SSSR count). The van der Waals surface area contributed by atoms with Crippen LogP contribution < -0.4 is 0 Å². The smallest absolute Gasteiger partial charge is 0.114 e. The summed E-state index contributed by atoms with van der Waals surface area (Å²) in [6, 6.07) is 31.5. The zero-order valence-electron chi connectivity index (χ0n) is 15.3. The Kier molecular flexibility index (Phi) is 4.34. The van der Waals surface area contributed by atoms with Crippen molar-refractivity contribution < 1.29 is 0 Å². The summed E-state index contributed by atoms with van der Waals surface area (Å²) < 4.78 is 2.31. The van der Waals surface area contributed by atoms with Crippen molar-refractivity contribution in [2.75, 3.05) is 0 Å². The second-order valence-electron chi connectivity index (χ2n) is 7.05. The van der Waals surface area contributed by atoms with Gasteiger partial charge in [-0.2, -0.15) is 0 Å². The lowest BCUT2D eigenvalue weighted by Gasteiger charge is -2.11. The molecule has 1 aromatic heterocycles. The van der Waals surface area contributed by atoms with Gasteiger partial charge in [-0.3, -0.25) is 0 Å². The molecule has 0 aliphatic rings. The molecular formula is C25H19ClN2. The van der Waals surface area contributed by atoms with Gasteiger partial charge in [0.25, 0.3) is 0 Å².